The van der Waals surface area contributed by atoms with Gasteiger partial charge in [0.05, 0.1) is 17.3 Å². The van der Waals surface area contributed by atoms with Gasteiger partial charge in [0.1, 0.15) is 0 Å². The van der Waals surface area contributed by atoms with E-state index in [-0.39, 0.29) is 5.91 Å². The molecule has 1 N–H and O–H groups in total. The number of nitrogens with zero attached hydrogens (tertiary/aromatic N) is 3. The quantitative estimate of drug-likeness (QED) is 0.940. The van der Waals surface area contributed by atoms with Crippen molar-refractivity contribution in [1.29, 1.82) is 0 Å². The lowest BCUT2D eigenvalue weighted by atomic mass is 10.2. The number of rotatable bonds is 4. The zero-order valence-corrected chi connectivity index (χ0v) is 12.4. The van der Waals surface area contributed by atoms with Crippen LogP contribution in [0.4, 0.5) is 11.4 Å². The summed E-state index contributed by atoms with van der Waals surface area (Å²) in [6.45, 7) is 2.90. The van der Waals surface area contributed by atoms with Gasteiger partial charge in [-0.1, -0.05) is 16.8 Å². The van der Waals surface area contributed by atoms with Crippen molar-refractivity contribution in [3.8, 4) is 0 Å². The molecule has 2 aromatic rings. The molecular weight excluding hydrogens is 292 g/mol. The maximum atomic E-state index is 11.8. The number of amides is 1. The molecule has 1 aromatic heterocycles. The number of halogens is 1. The molecule has 1 amide bonds. The van der Waals surface area contributed by atoms with Crippen LogP contribution in [-0.4, -0.2) is 22.6 Å². The van der Waals surface area contributed by atoms with Crippen LogP contribution < -0.4 is 10.2 Å². The Morgan fingerprint density at radius 1 is 1.48 bits per heavy atom. The van der Waals surface area contributed by atoms with Crippen molar-refractivity contribution in [2.45, 2.75) is 26.3 Å². The van der Waals surface area contributed by atoms with Crippen LogP contribution in [0.2, 0.25) is 5.02 Å². The minimum atomic E-state index is 0.150. The van der Waals surface area contributed by atoms with Gasteiger partial charge in [-0.15, -0.1) is 0 Å². The van der Waals surface area contributed by atoms with E-state index in [4.69, 9.17) is 16.1 Å². The Kier molecular flexibility index (Phi) is 3.79. The molecular formula is C14H15ClN4O2. The van der Waals surface area contributed by atoms with Gasteiger partial charge in [0.25, 0.3) is 0 Å². The molecule has 1 aliphatic rings. The minimum absolute atomic E-state index is 0.150. The zero-order valence-electron chi connectivity index (χ0n) is 11.6. The Hall–Kier alpha value is -2.08. The number of aromatic nitrogens is 2. The fourth-order valence-electron chi connectivity index (χ4n) is 2.33. The molecule has 1 aromatic carbocycles. The third-order valence-corrected chi connectivity index (χ3v) is 3.67. The molecule has 7 heteroatoms. The number of carbonyl (C=O) groups is 1. The summed E-state index contributed by atoms with van der Waals surface area (Å²) in [5.41, 5.74) is 1.60. The molecule has 2 heterocycles. The van der Waals surface area contributed by atoms with Crippen molar-refractivity contribution >= 4 is 28.9 Å². The van der Waals surface area contributed by atoms with E-state index >= 15 is 0 Å². The predicted octanol–water partition coefficient (Wildman–Crippen LogP) is 2.77. The first-order chi connectivity index (χ1) is 10.1. The van der Waals surface area contributed by atoms with Crippen LogP contribution in [0.1, 0.15) is 24.6 Å². The number of anilines is 2. The van der Waals surface area contributed by atoms with Crippen molar-refractivity contribution < 1.29 is 9.32 Å². The topological polar surface area (TPSA) is 71.3 Å². The van der Waals surface area contributed by atoms with Crippen LogP contribution in [0.15, 0.2) is 22.7 Å². The zero-order chi connectivity index (χ0) is 14.8. The summed E-state index contributed by atoms with van der Waals surface area (Å²) >= 11 is 6.18. The summed E-state index contributed by atoms with van der Waals surface area (Å²) in [5, 5.41) is 7.57. The average molecular weight is 307 g/mol. The van der Waals surface area contributed by atoms with E-state index < -0.39 is 0 Å². The van der Waals surface area contributed by atoms with Gasteiger partial charge < -0.3 is 14.7 Å². The number of hydrogen-bond acceptors (Lipinski definition) is 5. The Morgan fingerprint density at radius 3 is 3.00 bits per heavy atom. The Morgan fingerprint density at radius 2 is 2.33 bits per heavy atom. The molecule has 1 saturated heterocycles. The van der Waals surface area contributed by atoms with Gasteiger partial charge in [0.2, 0.25) is 11.8 Å². The number of aryl methyl sites for hydroxylation is 1. The second kappa shape index (κ2) is 5.73. The Labute approximate surface area is 127 Å². The van der Waals surface area contributed by atoms with E-state index in [0.29, 0.717) is 29.7 Å². The standard InChI is InChI=1S/C14H15ClN4O2/c1-9-17-13(18-21-9)8-16-12-7-10(4-5-11(12)15)19-6-2-3-14(19)20/h4-5,7,16H,2-3,6,8H2,1H3. The molecule has 0 atom stereocenters. The van der Waals surface area contributed by atoms with E-state index in [1.807, 2.05) is 12.1 Å². The molecule has 0 radical (unpaired) electrons. The van der Waals surface area contributed by atoms with Crippen LogP contribution in [-0.2, 0) is 11.3 Å². The maximum Gasteiger partial charge on any atom is 0.227 e. The first kappa shape index (κ1) is 13.9. The Balaban J connectivity index is 1.76. The molecule has 110 valence electrons. The van der Waals surface area contributed by atoms with Gasteiger partial charge >= 0.3 is 0 Å². The third kappa shape index (κ3) is 3.00. The first-order valence-corrected chi connectivity index (χ1v) is 7.14. The van der Waals surface area contributed by atoms with Crippen molar-refractivity contribution in [3.63, 3.8) is 0 Å². The smallest absolute Gasteiger partial charge is 0.227 e. The van der Waals surface area contributed by atoms with Gasteiger partial charge in [-0.2, -0.15) is 4.98 Å². The lowest BCUT2D eigenvalue weighted by Crippen LogP contribution is -2.23. The van der Waals surface area contributed by atoms with Crippen LogP contribution in [0.3, 0.4) is 0 Å². The molecule has 6 nitrogen and oxygen atoms in total. The molecule has 0 aliphatic carbocycles. The number of hydrogen-bond donors (Lipinski definition) is 1. The largest absolute Gasteiger partial charge is 0.376 e. The minimum Gasteiger partial charge on any atom is -0.376 e. The lowest BCUT2D eigenvalue weighted by molar-refractivity contribution is -0.117. The molecule has 3 rings (SSSR count). The van der Waals surface area contributed by atoms with E-state index in [2.05, 4.69) is 15.5 Å². The summed E-state index contributed by atoms with van der Waals surface area (Å²) in [7, 11) is 0. The average Bonchev–Trinajstić information content (AvgIpc) is 3.07. The molecule has 1 aliphatic heterocycles. The fourth-order valence-corrected chi connectivity index (χ4v) is 2.51. The molecule has 1 fully saturated rings. The molecule has 0 spiro atoms. The number of benzene rings is 1. The van der Waals surface area contributed by atoms with Gasteiger partial charge in [0.15, 0.2) is 5.82 Å². The summed E-state index contributed by atoms with van der Waals surface area (Å²) in [5.74, 6) is 1.23. The monoisotopic (exact) mass is 306 g/mol. The third-order valence-electron chi connectivity index (χ3n) is 3.34. The van der Waals surface area contributed by atoms with Crippen LogP contribution in [0, 0.1) is 6.92 Å². The predicted molar refractivity (Wildman–Crippen MR) is 79.4 cm³/mol. The highest BCUT2D eigenvalue weighted by Crippen LogP contribution is 2.30. The maximum absolute atomic E-state index is 11.8. The van der Waals surface area contributed by atoms with E-state index in [1.165, 1.54) is 0 Å². The fraction of sp³-hybridized carbons (Fsp3) is 0.357. The van der Waals surface area contributed by atoms with Gasteiger partial charge in [-0.05, 0) is 24.6 Å². The normalized spacial score (nSPS) is 14.8. The number of carbonyl (C=O) groups excluding carboxylic acids is 1. The second-order valence-electron chi connectivity index (χ2n) is 4.90. The molecule has 0 saturated carbocycles. The van der Waals surface area contributed by atoms with Crippen LogP contribution in [0.5, 0.6) is 0 Å². The van der Waals surface area contributed by atoms with Gasteiger partial charge in [0, 0.05) is 25.6 Å². The second-order valence-corrected chi connectivity index (χ2v) is 5.30. The van der Waals surface area contributed by atoms with Gasteiger partial charge in [-0.25, -0.2) is 0 Å². The van der Waals surface area contributed by atoms with Crippen molar-refractivity contribution in [3.05, 3.63) is 34.9 Å². The summed E-state index contributed by atoms with van der Waals surface area (Å²) < 4.78 is 4.92. The number of nitrogens with one attached hydrogen (secondary N) is 1. The summed E-state index contributed by atoms with van der Waals surface area (Å²) in [4.78, 5) is 17.7. The first-order valence-electron chi connectivity index (χ1n) is 6.76. The highest BCUT2D eigenvalue weighted by molar-refractivity contribution is 6.33. The summed E-state index contributed by atoms with van der Waals surface area (Å²) in [6.07, 6.45) is 1.50. The van der Waals surface area contributed by atoms with E-state index in [9.17, 15) is 4.79 Å². The van der Waals surface area contributed by atoms with E-state index in [1.54, 1.807) is 17.9 Å². The van der Waals surface area contributed by atoms with Gasteiger partial charge in [-0.3, -0.25) is 4.79 Å². The summed E-state index contributed by atoms with van der Waals surface area (Å²) in [6, 6.07) is 5.51. The highest BCUT2D eigenvalue weighted by atomic mass is 35.5. The molecule has 0 bridgehead atoms. The lowest BCUT2D eigenvalue weighted by Gasteiger charge is -2.17. The van der Waals surface area contributed by atoms with Crippen LogP contribution in [0.25, 0.3) is 0 Å². The van der Waals surface area contributed by atoms with Crippen molar-refractivity contribution in [2.75, 3.05) is 16.8 Å². The van der Waals surface area contributed by atoms with E-state index in [0.717, 1.165) is 24.3 Å². The molecule has 21 heavy (non-hydrogen) atoms. The SMILES string of the molecule is Cc1nc(CNc2cc(N3CCCC3=O)ccc2Cl)no1. The van der Waals surface area contributed by atoms with Crippen molar-refractivity contribution in [1.82, 2.24) is 10.1 Å². The molecule has 0 unspecified atom stereocenters. The Bertz CT molecular complexity index is 671. The highest BCUT2D eigenvalue weighted by Gasteiger charge is 2.22. The van der Waals surface area contributed by atoms with Crippen LogP contribution >= 0.6 is 11.6 Å². The van der Waals surface area contributed by atoms with Crippen molar-refractivity contribution in [2.24, 2.45) is 0 Å².